The van der Waals surface area contributed by atoms with Crippen LogP contribution in [-0.2, 0) is 11.3 Å². The molecule has 0 unspecified atom stereocenters. The van der Waals surface area contributed by atoms with E-state index in [4.69, 9.17) is 9.84 Å². The molecule has 23 heavy (non-hydrogen) atoms. The minimum Gasteiger partial charge on any atom is -0.481 e. The number of carboxylic acids is 1. The first-order valence-electron chi connectivity index (χ1n) is 7.98. The molecule has 0 radical (unpaired) electrons. The van der Waals surface area contributed by atoms with Crippen molar-refractivity contribution >= 4 is 5.97 Å². The predicted octanol–water partition coefficient (Wildman–Crippen LogP) is 3.78. The van der Waals surface area contributed by atoms with Crippen LogP contribution in [0, 0.1) is 5.92 Å². The van der Waals surface area contributed by atoms with Gasteiger partial charge in [-0.05, 0) is 44.1 Å². The Labute approximate surface area is 136 Å². The highest BCUT2D eigenvalue weighted by Crippen LogP contribution is 2.27. The molecule has 1 aliphatic heterocycles. The number of piperidine rings is 1. The Morgan fingerprint density at radius 3 is 2.39 bits per heavy atom. The van der Waals surface area contributed by atoms with Gasteiger partial charge < -0.3 is 9.84 Å². The highest BCUT2D eigenvalue weighted by molar-refractivity contribution is 5.70. The number of aliphatic carboxylic acids is 1. The number of hydrogen-bond donors (Lipinski definition) is 1. The van der Waals surface area contributed by atoms with Crippen molar-refractivity contribution in [1.29, 1.82) is 0 Å². The smallest absolute Gasteiger partial charge is 0.306 e. The molecule has 4 nitrogen and oxygen atoms in total. The van der Waals surface area contributed by atoms with Gasteiger partial charge in [-0.2, -0.15) is 0 Å². The molecule has 4 heteroatoms. The molecule has 1 heterocycles. The quantitative estimate of drug-likeness (QED) is 0.913. The lowest BCUT2D eigenvalue weighted by Gasteiger charge is -2.30. The Kier molecular flexibility index (Phi) is 4.93. The molecule has 0 amide bonds. The van der Waals surface area contributed by atoms with Gasteiger partial charge in [-0.3, -0.25) is 9.69 Å². The molecule has 0 aromatic heterocycles. The summed E-state index contributed by atoms with van der Waals surface area (Å²) in [5.74, 6) is 0.822. The largest absolute Gasteiger partial charge is 0.481 e. The zero-order chi connectivity index (χ0) is 16.1. The zero-order valence-corrected chi connectivity index (χ0v) is 13.0. The maximum Gasteiger partial charge on any atom is 0.306 e. The summed E-state index contributed by atoms with van der Waals surface area (Å²) in [6, 6.07) is 17.8. The fourth-order valence-corrected chi connectivity index (χ4v) is 2.93. The molecule has 2 aromatic carbocycles. The standard InChI is InChI=1S/C19H21NO3/c21-19(22)15-10-12-20(13-11-15)14-16-6-4-5-9-18(16)23-17-7-2-1-3-8-17/h1-9,15H,10-14H2,(H,21,22). The third-order valence-corrected chi connectivity index (χ3v) is 4.27. The first-order chi connectivity index (χ1) is 11.2. The normalized spacial score (nSPS) is 16.2. The molecule has 0 bridgehead atoms. The van der Waals surface area contributed by atoms with Crippen LogP contribution >= 0.6 is 0 Å². The summed E-state index contributed by atoms with van der Waals surface area (Å²) in [4.78, 5) is 13.3. The van der Waals surface area contributed by atoms with Crippen LogP contribution in [0.1, 0.15) is 18.4 Å². The van der Waals surface area contributed by atoms with E-state index < -0.39 is 5.97 Å². The van der Waals surface area contributed by atoms with Gasteiger partial charge >= 0.3 is 5.97 Å². The molecular weight excluding hydrogens is 290 g/mol. The summed E-state index contributed by atoms with van der Waals surface area (Å²) in [5, 5.41) is 9.08. The molecule has 0 aliphatic carbocycles. The second kappa shape index (κ2) is 7.29. The third-order valence-electron chi connectivity index (χ3n) is 4.27. The number of carboxylic acid groups (broad SMARTS) is 1. The maximum absolute atomic E-state index is 11.0. The number of benzene rings is 2. The third kappa shape index (κ3) is 4.11. The van der Waals surface area contributed by atoms with E-state index in [1.54, 1.807) is 0 Å². The van der Waals surface area contributed by atoms with E-state index >= 15 is 0 Å². The van der Waals surface area contributed by atoms with Crippen LogP contribution in [0.15, 0.2) is 54.6 Å². The van der Waals surface area contributed by atoms with Crippen molar-refractivity contribution in [2.45, 2.75) is 19.4 Å². The van der Waals surface area contributed by atoms with Crippen LogP contribution in [0.2, 0.25) is 0 Å². The van der Waals surface area contributed by atoms with Crippen LogP contribution in [-0.4, -0.2) is 29.1 Å². The molecule has 120 valence electrons. The number of para-hydroxylation sites is 2. The lowest BCUT2D eigenvalue weighted by atomic mass is 9.97. The number of ether oxygens (including phenoxy) is 1. The topological polar surface area (TPSA) is 49.8 Å². The summed E-state index contributed by atoms with van der Waals surface area (Å²) in [6.07, 6.45) is 1.44. The van der Waals surface area contributed by atoms with Gasteiger partial charge in [-0.25, -0.2) is 0 Å². The van der Waals surface area contributed by atoms with Crippen LogP contribution in [0.5, 0.6) is 11.5 Å². The highest BCUT2D eigenvalue weighted by atomic mass is 16.5. The van der Waals surface area contributed by atoms with Crippen LogP contribution < -0.4 is 4.74 Å². The average Bonchev–Trinajstić information content (AvgIpc) is 2.58. The van der Waals surface area contributed by atoms with Crippen molar-refractivity contribution < 1.29 is 14.6 Å². The lowest BCUT2D eigenvalue weighted by molar-refractivity contribution is -0.143. The first-order valence-corrected chi connectivity index (χ1v) is 7.98. The Morgan fingerprint density at radius 2 is 1.70 bits per heavy atom. The van der Waals surface area contributed by atoms with E-state index in [9.17, 15) is 4.79 Å². The van der Waals surface area contributed by atoms with Crippen molar-refractivity contribution in [3.05, 3.63) is 60.2 Å². The van der Waals surface area contributed by atoms with Gasteiger partial charge in [0.25, 0.3) is 0 Å². The van der Waals surface area contributed by atoms with Gasteiger partial charge in [-0.15, -0.1) is 0 Å². The number of nitrogens with zero attached hydrogens (tertiary/aromatic N) is 1. The summed E-state index contributed by atoms with van der Waals surface area (Å²) < 4.78 is 5.99. The van der Waals surface area contributed by atoms with E-state index in [-0.39, 0.29) is 5.92 Å². The fraction of sp³-hybridized carbons (Fsp3) is 0.316. The molecule has 1 fully saturated rings. The molecule has 0 spiro atoms. The van der Waals surface area contributed by atoms with E-state index in [1.807, 2.05) is 48.5 Å². The minimum absolute atomic E-state index is 0.193. The van der Waals surface area contributed by atoms with E-state index in [0.717, 1.165) is 49.5 Å². The van der Waals surface area contributed by atoms with Gasteiger partial charge in [0.05, 0.1) is 5.92 Å². The molecule has 1 saturated heterocycles. The van der Waals surface area contributed by atoms with Crippen molar-refractivity contribution in [2.24, 2.45) is 5.92 Å². The second-order valence-electron chi connectivity index (χ2n) is 5.91. The maximum atomic E-state index is 11.0. The minimum atomic E-state index is -0.669. The van der Waals surface area contributed by atoms with E-state index in [0.29, 0.717) is 0 Å². The molecular formula is C19H21NO3. The first kappa shape index (κ1) is 15.6. The number of carbonyl (C=O) groups is 1. The molecule has 1 aliphatic rings. The Balaban J connectivity index is 1.66. The van der Waals surface area contributed by atoms with E-state index in [1.165, 1.54) is 0 Å². The summed E-state index contributed by atoms with van der Waals surface area (Å²) in [5.41, 5.74) is 1.13. The number of likely N-dealkylation sites (tertiary alicyclic amines) is 1. The van der Waals surface area contributed by atoms with Crippen molar-refractivity contribution in [3.63, 3.8) is 0 Å². The molecule has 3 rings (SSSR count). The van der Waals surface area contributed by atoms with Crippen LogP contribution in [0.3, 0.4) is 0 Å². The fourth-order valence-electron chi connectivity index (χ4n) is 2.93. The van der Waals surface area contributed by atoms with E-state index in [2.05, 4.69) is 11.0 Å². The lowest BCUT2D eigenvalue weighted by Crippen LogP contribution is -2.35. The molecule has 2 aromatic rings. The van der Waals surface area contributed by atoms with Crippen molar-refractivity contribution in [3.8, 4) is 11.5 Å². The molecule has 0 saturated carbocycles. The zero-order valence-electron chi connectivity index (χ0n) is 13.0. The average molecular weight is 311 g/mol. The summed E-state index contributed by atoms with van der Waals surface area (Å²) in [6.45, 7) is 2.42. The predicted molar refractivity (Wildman–Crippen MR) is 88.6 cm³/mol. The highest BCUT2D eigenvalue weighted by Gasteiger charge is 2.24. The van der Waals surface area contributed by atoms with Crippen LogP contribution in [0.4, 0.5) is 0 Å². The Bertz CT molecular complexity index is 649. The number of rotatable bonds is 5. The monoisotopic (exact) mass is 311 g/mol. The molecule has 1 N–H and O–H groups in total. The SMILES string of the molecule is O=C(O)C1CCN(Cc2ccccc2Oc2ccccc2)CC1. The van der Waals surface area contributed by atoms with Gasteiger partial charge in [-0.1, -0.05) is 36.4 Å². The molecule has 0 atom stereocenters. The van der Waals surface area contributed by atoms with Gasteiger partial charge in [0, 0.05) is 12.1 Å². The van der Waals surface area contributed by atoms with Crippen molar-refractivity contribution in [1.82, 2.24) is 4.90 Å². The van der Waals surface area contributed by atoms with Crippen molar-refractivity contribution in [2.75, 3.05) is 13.1 Å². The Hall–Kier alpha value is -2.33. The van der Waals surface area contributed by atoms with Gasteiger partial charge in [0.1, 0.15) is 11.5 Å². The summed E-state index contributed by atoms with van der Waals surface area (Å²) >= 11 is 0. The Morgan fingerprint density at radius 1 is 1.04 bits per heavy atom. The second-order valence-corrected chi connectivity index (χ2v) is 5.91. The van der Waals surface area contributed by atoms with Gasteiger partial charge in [0.2, 0.25) is 0 Å². The number of hydrogen-bond acceptors (Lipinski definition) is 3. The van der Waals surface area contributed by atoms with Crippen LogP contribution in [0.25, 0.3) is 0 Å². The summed E-state index contributed by atoms with van der Waals surface area (Å²) in [7, 11) is 0. The van der Waals surface area contributed by atoms with Gasteiger partial charge in [0.15, 0.2) is 0 Å².